The average Bonchev–Trinajstić information content (AvgIpc) is 3.14. The zero-order valence-electron chi connectivity index (χ0n) is 13.9. The first kappa shape index (κ1) is 18.9. The second-order valence-electron chi connectivity index (χ2n) is 5.47. The number of hydrogen-bond donors (Lipinski definition) is 3. The predicted octanol–water partition coefficient (Wildman–Crippen LogP) is 2.02. The summed E-state index contributed by atoms with van der Waals surface area (Å²) in [6.45, 7) is 0.575. The SMILES string of the molecule is O=C(O)c1ccccc1C(=O)Nc1ccc(S(=O)(=O)NC2=NCCS2)cc1. The summed E-state index contributed by atoms with van der Waals surface area (Å²) in [7, 11) is -3.75. The molecule has 27 heavy (non-hydrogen) atoms. The first-order valence-corrected chi connectivity index (χ1v) is 10.3. The Morgan fingerprint density at radius 1 is 1.04 bits per heavy atom. The second kappa shape index (κ2) is 7.80. The van der Waals surface area contributed by atoms with Crippen LogP contribution in [-0.4, -0.2) is 42.9 Å². The molecule has 8 nitrogen and oxygen atoms in total. The van der Waals surface area contributed by atoms with Crippen LogP contribution in [0.1, 0.15) is 20.7 Å². The van der Waals surface area contributed by atoms with Crippen molar-refractivity contribution in [1.82, 2.24) is 4.72 Å². The molecule has 0 aromatic heterocycles. The standard InChI is InChI=1S/C17H15N3O5S2/c21-15(13-3-1-2-4-14(13)16(22)23)19-11-5-7-12(8-6-11)27(24,25)20-17-18-9-10-26-17/h1-8H,9-10H2,(H,18,20)(H,19,21)(H,22,23). The van der Waals surface area contributed by atoms with Crippen molar-refractivity contribution in [3.05, 3.63) is 59.7 Å². The molecular weight excluding hydrogens is 390 g/mol. The van der Waals surface area contributed by atoms with Crippen LogP contribution < -0.4 is 10.0 Å². The molecule has 1 heterocycles. The minimum Gasteiger partial charge on any atom is -0.478 e. The van der Waals surface area contributed by atoms with E-state index in [1.165, 1.54) is 54.2 Å². The van der Waals surface area contributed by atoms with Crippen molar-refractivity contribution < 1.29 is 23.1 Å². The molecule has 140 valence electrons. The maximum absolute atomic E-state index is 12.3. The van der Waals surface area contributed by atoms with E-state index in [-0.39, 0.29) is 16.0 Å². The van der Waals surface area contributed by atoms with Gasteiger partial charge in [-0.05, 0) is 36.4 Å². The van der Waals surface area contributed by atoms with Gasteiger partial charge in [-0.25, -0.2) is 13.2 Å². The molecule has 3 N–H and O–H groups in total. The number of carbonyl (C=O) groups is 2. The number of carbonyl (C=O) groups excluding carboxylic acids is 1. The van der Waals surface area contributed by atoms with Crippen LogP contribution >= 0.6 is 11.8 Å². The molecule has 0 aliphatic carbocycles. The minimum atomic E-state index is -3.75. The Bertz CT molecular complexity index is 1020. The normalized spacial score (nSPS) is 13.7. The number of nitrogens with one attached hydrogen (secondary N) is 2. The van der Waals surface area contributed by atoms with Gasteiger partial charge in [-0.15, -0.1) is 0 Å². The highest BCUT2D eigenvalue weighted by molar-refractivity contribution is 8.15. The molecule has 0 atom stereocenters. The number of aliphatic imine (C=N–C) groups is 1. The monoisotopic (exact) mass is 405 g/mol. The third kappa shape index (κ3) is 4.47. The third-order valence-electron chi connectivity index (χ3n) is 3.63. The molecule has 0 unspecified atom stereocenters. The fraction of sp³-hybridized carbons (Fsp3) is 0.118. The van der Waals surface area contributed by atoms with Gasteiger partial charge in [0.1, 0.15) is 0 Å². The first-order valence-electron chi connectivity index (χ1n) is 7.80. The van der Waals surface area contributed by atoms with E-state index in [1.807, 2.05) is 0 Å². The van der Waals surface area contributed by atoms with Crippen LogP contribution in [0.2, 0.25) is 0 Å². The Morgan fingerprint density at radius 2 is 1.70 bits per heavy atom. The number of thioether (sulfide) groups is 1. The van der Waals surface area contributed by atoms with E-state index in [1.54, 1.807) is 6.07 Å². The van der Waals surface area contributed by atoms with Gasteiger partial charge in [-0.1, -0.05) is 23.9 Å². The number of carboxylic acids is 1. The molecule has 2 aromatic rings. The molecule has 1 aliphatic heterocycles. The van der Waals surface area contributed by atoms with Gasteiger partial charge in [0.25, 0.3) is 15.9 Å². The largest absolute Gasteiger partial charge is 0.478 e. The van der Waals surface area contributed by atoms with Crippen LogP contribution in [0.3, 0.4) is 0 Å². The van der Waals surface area contributed by atoms with Crippen LogP contribution in [0.5, 0.6) is 0 Å². The molecule has 2 aromatic carbocycles. The molecule has 1 amide bonds. The van der Waals surface area contributed by atoms with E-state index in [9.17, 15) is 18.0 Å². The Balaban J connectivity index is 1.74. The average molecular weight is 405 g/mol. The van der Waals surface area contributed by atoms with Crippen molar-refractivity contribution in [2.75, 3.05) is 17.6 Å². The van der Waals surface area contributed by atoms with Crippen LogP contribution in [-0.2, 0) is 10.0 Å². The fourth-order valence-electron chi connectivity index (χ4n) is 2.35. The summed E-state index contributed by atoms with van der Waals surface area (Å²) in [5.41, 5.74) is 0.236. The van der Waals surface area contributed by atoms with Gasteiger partial charge in [0, 0.05) is 11.4 Å². The number of carboxylic acid groups (broad SMARTS) is 1. The fourth-order valence-corrected chi connectivity index (χ4v) is 4.38. The summed E-state index contributed by atoms with van der Waals surface area (Å²) in [6.07, 6.45) is 0. The summed E-state index contributed by atoms with van der Waals surface area (Å²) < 4.78 is 27.0. The molecule has 0 spiro atoms. The van der Waals surface area contributed by atoms with E-state index in [4.69, 9.17) is 5.11 Å². The van der Waals surface area contributed by atoms with E-state index in [2.05, 4.69) is 15.0 Å². The lowest BCUT2D eigenvalue weighted by Crippen LogP contribution is -2.27. The van der Waals surface area contributed by atoms with Gasteiger partial charge >= 0.3 is 5.97 Å². The molecule has 10 heteroatoms. The highest BCUT2D eigenvalue weighted by atomic mass is 32.2. The van der Waals surface area contributed by atoms with Crippen molar-refractivity contribution in [1.29, 1.82) is 0 Å². The summed E-state index contributed by atoms with van der Waals surface area (Å²) in [5, 5.41) is 12.1. The van der Waals surface area contributed by atoms with Gasteiger partial charge in [-0.3, -0.25) is 14.5 Å². The maximum atomic E-state index is 12.3. The Morgan fingerprint density at radius 3 is 2.30 bits per heavy atom. The van der Waals surface area contributed by atoms with Crippen LogP contribution in [0, 0.1) is 0 Å². The summed E-state index contributed by atoms with van der Waals surface area (Å²) >= 11 is 1.33. The number of amidine groups is 1. The number of nitrogens with zero attached hydrogens (tertiary/aromatic N) is 1. The van der Waals surface area contributed by atoms with Crippen LogP contribution in [0.15, 0.2) is 58.4 Å². The summed E-state index contributed by atoms with van der Waals surface area (Å²) in [6, 6.07) is 11.4. The number of aromatic carboxylic acids is 1. The molecule has 0 saturated heterocycles. The minimum absolute atomic E-state index is 0.0136. The van der Waals surface area contributed by atoms with Crippen LogP contribution in [0.4, 0.5) is 5.69 Å². The first-order chi connectivity index (χ1) is 12.9. The van der Waals surface area contributed by atoms with E-state index in [0.717, 1.165) is 5.75 Å². The topological polar surface area (TPSA) is 125 Å². The molecule has 3 rings (SSSR count). The zero-order valence-corrected chi connectivity index (χ0v) is 15.5. The number of anilines is 1. The lowest BCUT2D eigenvalue weighted by molar-refractivity contribution is 0.0692. The number of amides is 1. The predicted molar refractivity (Wildman–Crippen MR) is 103 cm³/mol. The molecule has 1 aliphatic rings. The summed E-state index contributed by atoms with van der Waals surface area (Å²) in [5.74, 6) is -1.07. The van der Waals surface area contributed by atoms with Crippen molar-refractivity contribution in [3.8, 4) is 0 Å². The Hall–Kier alpha value is -2.85. The zero-order chi connectivity index (χ0) is 19.4. The smallest absolute Gasteiger partial charge is 0.336 e. The van der Waals surface area contributed by atoms with E-state index >= 15 is 0 Å². The van der Waals surface area contributed by atoms with Gasteiger partial charge < -0.3 is 10.4 Å². The van der Waals surface area contributed by atoms with Crippen molar-refractivity contribution >= 4 is 44.5 Å². The Kier molecular flexibility index (Phi) is 5.47. The highest BCUT2D eigenvalue weighted by Gasteiger charge is 2.19. The lowest BCUT2D eigenvalue weighted by Gasteiger charge is -2.10. The molecule has 0 radical (unpaired) electrons. The van der Waals surface area contributed by atoms with E-state index < -0.39 is 21.9 Å². The van der Waals surface area contributed by atoms with Crippen molar-refractivity contribution in [2.24, 2.45) is 4.99 Å². The van der Waals surface area contributed by atoms with Crippen molar-refractivity contribution in [2.45, 2.75) is 4.90 Å². The number of hydrogen-bond acceptors (Lipinski definition) is 6. The molecule has 0 fully saturated rings. The van der Waals surface area contributed by atoms with E-state index in [0.29, 0.717) is 17.4 Å². The Labute approximate surface area is 159 Å². The molecule has 0 bridgehead atoms. The maximum Gasteiger partial charge on any atom is 0.336 e. The van der Waals surface area contributed by atoms with Gasteiger partial charge in [0.05, 0.1) is 22.6 Å². The number of benzene rings is 2. The lowest BCUT2D eigenvalue weighted by atomic mass is 10.1. The highest BCUT2D eigenvalue weighted by Crippen LogP contribution is 2.18. The second-order valence-corrected chi connectivity index (χ2v) is 8.24. The number of rotatable bonds is 5. The number of sulfonamides is 1. The van der Waals surface area contributed by atoms with Crippen LogP contribution in [0.25, 0.3) is 0 Å². The quantitative estimate of drug-likeness (QED) is 0.699. The van der Waals surface area contributed by atoms with Gasteiger partial charge in [0.15, 0.2) is 5.17 Å². The van der Waals surface area contributed by atoms with Crippen molar-refractivity contribution in [3.63, 3.8) is 0 Å². The molecule has 0 saturated carbocycles. The molecular formula is C17H15N3O5S2. The summed E-state index contributed by atoms with van der Waals surface area (Å²) in [4.78, 5) is 27.6. The van der Waals surface area contributed by atoms with Gasteiger partial charge in [0.2, 0.25) is 0 Å². The van der Waals surface area contributed by atoms with Gasteiger partial charge in [-0.2, -0.15) is 0 Å². The third-order valence-corrected chi connectivity index (χ3v) is 6.01.